The molecule has 0 saturated heterocycles. The Labute approximate surface area is 123 Å². The largest absolute Gasteiger partial charge is 0.458 e. The van der Waals surface area contributed by atoms with E-state index in [4.69, 9.17) is 21.1 Å². The minimum absolute atomic E-state index is 0.0160. The molecule has 104 valence electrons. The Morgan fingerprint density at radius 1 is 1.00 bits per heavy atom. The molecule has 0 aliphatic rings. The van der Waals surface area contributed by atoms with Crippen molar-refractivity contribution in [3.05, 3.63) is 71.8 Å². The molecular weight excluding hydrogens is 276 g/mol. The lowest BCUT2D eigenvalue weighted by Crippen LogP contribution is -2.17. The molecule has 2 rings (SSSR count). The fourth-order valence-corrected chi connectivity index (χ4v) is 1.73. The topological polar surface area (TPSA) is 35.5 Å². The molecule has 20 heavy (non-hydrogen) atoms. The molecular formula is C16H15ClO3. The Morgan fingerprint density at radius 2 is 1.60 bits per heavy atom. The van der Waals surface area contributed by atoms with Gasteiger partial charge in [0.25, 0.3) is 0 Å². The molecule has 0 N–H and O–H groups in total. The summed E-state index contributed by atoms with van der Waals surface area (Å²) in [6.45, 7) is 0.403. The van der Waals surface area contributed by atoms with Crippen molar-refractivity contribution in [3.63, 3.8) is 0 Å². The number of hydrogen-bond donors (Lipinski definition) is 0. The van der Waals surface area contributed by atoms with E-state index in [0.717, 1.165) is 5.56 Å². The average Bonchev–Trinajstić information content (AvgIpc) is 2.52. The number of alkyl halides is 1. The van der Waals surface area contributed by atoms with Crippen molar-refractivity contribution in [2.24, 2.45) is 0 Å². The smallest absolute Gasteiger partial charge is 0.338 e. The van der Waals surface area contributed by atoms with Crippen LogP contribution in [0.2, 0.25) is 0 Å². The third kappa shape index (κ3) is 4.68. The lowest BCUT2D eigenvalue weighted by Gasteiger charge is -2.11. The van der Waals surface area contributed by atoms with Crippen molar-refractivity contribution in [1.82, 2.24) is 0 Å². The normalized spacial score (nSPS) is 11.8. The fourth-order valence-electron chi connectivity index (χ4n) is 1.61. The van der Waals surface area contributed by atoms with Gasteiger partial charge in [0.15, 0.2) is 5.56 Å². The molecule has 0 heterocycles. The van der Waals surface area contributed by atoms with Crippen LogP contribution in [0, 0.1) is 0 Å². The molecule has 0 aliphatic carbocycles. The van der Waals surface area contributed by atoms with Gasteiger partial charge in [-0.15, -0.1) is 0 Å². The van der Waals surface area contributed by atoms with E-state index in [-0.39, 0.29) is 6.61 Å². The zero-order valence-electron chi connectivity index (χ0n) is 10.9. The second-order valence-electron chi connectivity index (χ2n) is 4.17. The number of carbonyl (C=O) groups is 1. The van der Waals surface area contributed by atoms with Crippen LogP contribution in [0.5, 0.6) is 0 Å². The van der Waals surface area contributed by atoms with Gasteiger partial charge in [0.1, 0.15) is 6.61 Å². The van der Waals surface area contributed by atoms with Crippen LogP contribution in [-0.4, -0.2) is 18.1 Å². The van der Waals surface area contributed by atoms with Crippen LogP contribution >= 0.6 is 11.6 Å². The highest BCUT2D eigenvalue weighted by Gasteiger charge is 2.11. The number of rotatable bonds is 6. The molecule has 0 aliphatic heterocycles. The zero-order chi connectivity index (χ0) is 14.2. The van der Waals surface area contributed by atoms with Crippen molar-refractivity contribution in [3.8, 4) is 0 Å². The van der Waals surface area contributed by atoms with Crippen molar-refractivity contribution in [1.29, 1.82) is 0 Å². The first kappa shape index (κ1) is 14.6. The summed E-state index contributed by atoms with van der Waals surface area (Å²) < 4.78 is 10.5. The Balaban J connectivity index is 1.73. The quantitative estimate of drug-likeness (QED) is 0.602. The SMILES string of the molecule is O=C(OCC(Cl)OCc1ccccc1)c1ccccc1. The Bertz CT molecular complexity index is 528. The van der Waals surface area contributed by atoms with Gasteiger partial charge in [-0.3, -0.25) is 0 Å². The maximum atomic E-state index is 11.7. The molecule has 2 aromatic carbocycles. The second kappa shape index (κ2) is 7.68. The van der Waals surface area contributed by atoms with Crippen LogP contribution in [0.25, 0.3) is 0 Å². The summed E-state index contributed by atoms with van der Waals surface area (Å²) in [4.78, 5) is 11.7. The standard InChI is InChI=1S/C16H15ClO3/c17-15(19-11-13-7-3-1-4-8-13)12-20-16(18)14-9-5-2-6-10-14/h1-10,15H,11-12H2. The highest BCUT2D eigenvalue weighted by molar-refractivity contribution is 6.19. The highest BCUT2D eigenvalue weighted by atomic mass is 35.5. The minimum Gasteiger partial charge on any atom is -0.458 e. The Morgan fingerprint density at radius 3 is 2.25 bits per heavy atom. The molecule has 0 aromatic heterocycles. The van der Waals surface area contributed by atoms with Crippen molar-refractivity contribution < 1.29 is 14.3 Å². The number of esters is 1. The Hall–Kier alpha value is -1.84. The van der Waals surface area contributed by atoms with Crippen molar-refractivity contribution in [2.75, 3.05) is 6.61 Å². The molecule has 3 nitrogen and oxygen atoms in total. The van der Waals surface area contributed by atoms with E-state index in [2.05, 4.69) is 0 Å². The summed E-state index contributed by atoms with van der Waals surface area (Å²) in [6, 6.07) is 18.5. The second-order valence-corrected chi connectivity index (χ2v) is 4.66. The monoisotopic (exact) mass is 290 g/mol. The molecule has 0 saturated carbocycles. The third-order valence-electron chi connectivity index (χ3n) is 2.63. The van der Waals surface area contributed by atoms with Crippen LogP contribution in [0.15, 0.2) is 60.7 Å². The number of carbonyl (C=O) groups excluding carboxylic acids is 1. The van der Waals surface area contributed by atoms with Gasteiger partial charge in [-0.25, -0.2) is 4.79 Å². The first-order chi connectivity index (χ1) is 9.75. The molecule has 0 amide bonds. The van der Waals surface area contributed by atoms with Crippen LogP contribution in [-0.2, 0) is 16.1 Å². The van der Waals surface area contributed by atoms with Crippen LogP contribution in [0.3, 0.4) is 0 Å². The van der Waals surface area contributed by atoms with Gasteiger partial charge in [0.2, 0.25) is 0 Å². The summed E-state index contributed by atoms with van der Waals surface area (Å²) in [5, 5.41) is 0. The van der Waals surface area contributed by atoms with Crippen molar-refractivity contribution >= 4 is 17.6 Å². The molecule has 2 aromatic rings. The van der Waals surface area contributed by atoms with E-state index in [1.807, 2.05) is 36.4 Å². The van der Waals surface area contributed by atoms with E-state index >= 15 is 0 Å². The number of hydrogen-bond acceptors (Lipinski definition) is 3. The molecule has 0 fully saturated rings. The lowest BCUT2D eigenvalue weighted by atomic mass is 10.2. The summed E-state index contributed by atoms with van der Waals surface area (Å²) in [5.74, 6) is -0.403. The van der Waals surface area contributed by atoms with E-state index in [9.17, 15) is 4.79 Å². The van der Waals surface area contributed by atoms with Crippen LogP contribution in [0.1, 0.15) is 15.9 Å². The zero-order valence-corrected chi connectivity index (χ0v) is 11.6. The predicted octanol–water partition coefficient (Wildman–Crippen LogP) is 3.63. The predicted molar refractivity (Wildman–Crippen MR) is 77.6 cm³/mol. The molecule has 1 unspecified atom stereocenters. The number of ether oxygens (including phenoxy) is 2. The summed E-state index contributed by atoms with van der Waals surface area (Å²) in [5.41, 5.74) is 0.856. The molecule has 0 spiro atoms. The minimum atomic E-state index is -0.664. The van der Waals surface area contributed by atoms with E-state index in [1.165, 1.54) is 0 Å². The van der Waals surface area contributed by atoms with Gasteiger partial charge < -0.3 is 9.47 Å². The fraction of sp³-hybridized carbons (Fsp3) is 0.188. The van der Waals surface area contributed by atoms with Gasteiger partial charge in [-0.05, 0) is 17.7 Å². The summed E-state index contributed by atoms with van der Waals surface area (Å²) in [6.07, 6.45) is 0. The van der Waals surface area contributed by atoms with E-state index in [0.29, 0.717) is 12.2 Å². The number of benzene rings is 2. The summed E-state index contributed by atoms with van der Waals surface area (Å²) >= 11 is 5.96. The van der Waals surface area contributed by atoms with E-state index in [1.54, 1.807) is 24.3 Å². The summed E-state index contributed by atoms with van der Waals surface area (Å²) in [7, 11) is 0. The molecule has 1 atom stereocenters. The number of halogens is 1. The molecule has 0 radical (unpaired) electrons. The maximum Gasteiger partial charge on any atom is 0.338 e. The van der Waals surface area contributed by atoms with Crippen LogP contribution < -0.4 is 0 Å². The lowest BCUT2D eigenvalue weighted by molar-refractivity contribution is 0.0164. The van der Waals surface area contributed by atoms with Crippen molar-refractivity contribution in [2.45, 2.75) is 12.2 Å². The van der Waals surface area contributed by atoms with E-state index < -0.39 is 11.5 Å². The highest BCUT2D eigenvalue weighted by Crippen LogP contribution is 2.08. The van der Waals surface area contributed by atoms with Gasteiger partial charge in [0.05, 0.1) is 12.2 Å². The third-order valence-corrected chi connectivity index (χ3v) is 2.88. The molecule has 4 heteroatoms. The average molecular weight is 291 g/mol. The Kier molecular flexibility index (Phi) is 5.59. The maximum absolute atomic E-state index is 11.7. The first-order valence-corrected chi connectivity index (χ1v) is 6.71. The van der Waals surface area contributed by atoms with Gasteiger partial charge in [-0.2, -0.15) is 0 Å². The van der Waals surface area contributed by atoms with Gasteiger partial charge in [0, 0.05) is 0 Å². The van der Waals surface area contributed by atoms with Gasteiger partial charge >= 0.3 is 5.97 Å². The molecule has 0 bridgehead atoms. The first-order valence-electron chi connectivity index (χ1n) is 6.27. The van der Waals surface area contributed by atoms with Crippen LogP contribution in [0.4, 0.5) is 0 Å². The van der Waals surface area contributed by atoms with Gasteiger partial charge in [-0.1, -0.05) is 60.1 Å².